The minimum absolute atomic E-state index is 0. The molecule has 2 aliphatic rings. The summed E-state index contributed by atoms with van der Waals surface area (Å²) in [5.41, 5.74) is 4.53. The van der Waals surface area contributed by atoms with Crippen LogP contribution in [0.4, 0.5) is 5.69 Å². The van der Waals surface area contributed by atoms with Crippen LogP contribution in [-0.2, 0) is 0 Å². The van der Waals surface area contributed by atoms with E-state index in [9.17, 15) is 0 Å². The van der Waals surface area contributed by atoms with Gasteiger partial charge in [-0.3, -0.25) is 4.90 Å². The molecule has 1 aliphatic carbocycles. The highest BCUT2D eigenvalue weighted by Crippen LogP contribution is 2.25. The Morgan fingerprint density at radius 1 is 0.926 bits per heavy atom. The first-order valence-electron chi connectivity index (χ1n) is 10.6. The summed E-state index contributed by atoms with van der Waals surface area (Å²) in [6.07, 6.45) is 8.33. The molecule has 154 valence electrons. The molecule has 27 heavy (non-hydrogen) atoms. The minimum atomic E-state index is 0. The summed E-state index contributed by atoms with van der Waals surface area (Å²) < 4.78 is 0. The Labute approximate surface area is 170 Å². The highest BCUT2D eigenvalue weighted by Gasteiger charge is 2.22. The van der Waals surface area contributed by atoms with Crippen LogP contribution in [-0.4, -0.2) is 37.1 Å². The van der Waals surface area contributed by atoms with Gasteiger partial charge in [-0.1, -0.05) is 76.6 Å². The van der Waals surface area contributed by atoms with Crippen molar-refractivity contribution in [2.75, 3.05) is 31.1 Å². The van der Waals surface area contributed by atoms with Gasteiger partial charge in [-0.2, -0.15) is 0 Å². The molecule has 1 heterocycles. The lowest BCUT2D eigenvalue weighted by Crippen LogP contribution is -2.49. The Bertz CT molecular complexity index is 537. The molecule has 1 atom stereocenters. The fourth-order valence-corrected chi connectivity index (χ4v) is 3.64. The van der Waals surface area contributed by atoms with E-state index in [0.717, 1.165) is 13.1 Å². The average molecular weight is 373 g/mol. The molecular weight excluding hydrogens is 328 g/mol. The van der Waals surface area contributed by atoms with E-state index in [-0.39, 0.29) is 7.43 Å². The zero-order valence-electron chi connectivity index (χ0n) is 18.0. The molecule has 1 aromatic rings. The predicted molar refractivity (Wildman–Crippen MR) is 125 cm³/mol. The third-order valence-corrected chi connectivity index (χ3v) is 5.14. The van der Waals surface area contributed by atoms with Crippen molar-refractivity contribution >= 4 is 5.69 Å². The van der Waals surface area contributed by atoms with Gasteiger partial charge in [0.15, 0.2) is 0 Å². The van der Waals surface area contributed by atoms with Gasteiger partial charge in [0.2, 0.25) is 0 Å². The smallest absolute Gasteiger partial charge is 0.0367 e. The van der Waals surface area contributed by atoms with Gasteiger partial charge in [-0.15, -0.1) is 0 Å². The van der Waals surface area contributed by atoms with Gasteiger partial charge in [-0.25, -0.2) is 0 Å². The van der Waals surface area contributed by atoms with Crippen LogP contribution < -0.4 is 4.90 Å². The van der Waals surface area contributed by atoms with Crippen molar-refractivity contribution in [2.45, 2.75) is 74.3 Å². The summed E-state index contributed by atoms with van der Waals surface area (Å²) in [5.74, 6) is 0. The van der Waals surface area contributed by atoms with Gasteiger partial charge in [0.25, 0.3) is 0 Å². The monoisotopic (exact) mass is 372 g/mol. The number of hydrogen-bond acceptors (Lipinski definition) is 2. The van der Waals surface area contributed by atoms with E-state index >= 15 is 0 Å². The van der Waals surface area contributed by atoms with E-state index in [1.54, 1.807) is 5.57 Å². The van der Waals surface area contributed by atoms with Crippen LogP contribution >= 0.6 is 0 Å². The second-order valence-electron chi connectivity index (χ2n) is 6.64. The number of benzene rings is 1. The fraction of sp³-hybridized carbons (Fsp3) is 0.600. The molecule has 1 fully saturated rings. The van der Waals surface area contributed by atoms with E-state index in [2.05, 4.69) is 66.1 Å². The maximum absolute atomic E-state index is 2.66. The zero-order valence-corrected chi connectivity index (χ0v) is 18.0. The molecule has 2 heteroatoms. The standard InChI is InChI=1S/C20H28N2.2C2H6.CH4/c1-17-8-6-7-9-19(17)16-18(2)21-12-14-22(15-13-21)20-10-4-3-5-11-20;2*1-2;/h3-6,8,10-11,18H,7,9,12-16H2,1-2H3;2*1-2H3;1H4. The van der Waals surface area contributed by atoms with Crippen LogP contribution in [0.5, 0.6) is 0 Å². The third kappa shape index (κ3) is 7.92. The Morgan fingerprint density at radius 3 is 2.07 bits per heavy atom. The molecule has 0 saturated carbocycles. The maximum Gasteiger partial charge on any atom is 0.0367 e. The van der Waals surface area contributed by atoms with Crippen LogP contribution in [0, 0.1) is 0 Å². The van der Waals surface area contributed by atoms with Crippen molar-refractivity contribution < 1.29 is 0 Å². The summed E-state index contributed by atoms with van der Waals surface area (Å²) in [7, 11) is 0. The van der Waals surface area contributed by atoms with Crippen LogP contribution in [0.2, 0.25) is 0 Å². The van der Waals surface area contributed by atoms with Crippen LogP contribution in [0.3, 0.4) is 0 Å². The first-order chi connectivity index (χ1) is 12.7. The van der Waals surface area contributed by atoms with Gasteiger partial charge in [0.1, 0.15) is 0 Å². The molecule has 0 aromatic heterocycles. The van der Waals surface area contributed by atoms with Crippen molar-refractivity contribution in [3.63, 3.8) is 0 Å². The first-order valence-corrected chi connectivity index (χ1v) is 10.6. The van der Waals surface area contributed by atoms with Crippen LogP contribution in [0.25, 0.3) is 0 Å². The van der Waals surface area contributed by atoms with Crippen molar-refractivity contribution in [3.8, 4) is 0 Å². The normalized spacial score (nSPS) is 17.8. The Hall–Kier alpha value is -1.54. The van der Waals surface area contributed by atoms with E-state index in [0.29, 0.717) is 6.04 Å². The van der Waals surface area contributed by atoms with E-state index in [4.69, 9.17) is 0 Å². The summed E-state index contributed by atoms with van der Waals surface area (Å²) in [5, 5.41) is 0. The number of allylic oxidation sites excluding steroid dienone is 3. The average Bonchev–Trinajstić information content (AvgIpc) is 2.73. The second kappa shape index (κ2) is 14.5. The lowest BCUT2D eigenvalue weighted by atomic mass is 9.93. The number of anilines is 1. The quantitative estimate of drug-likeness (QED) is 0.564. The Morgan fingerprint density at radius 2 is 1.52 bits per heavy atom. The van der Waals surface area contributed by atoms with Gasteiger partial charge in [0.05, 0.1) is 0 Å². The van der Waals surface area contributed by atoms with Crippen LogP contribution in [0.1, 0.15) is 68.2 Å². The number of rotatable bonds is 4. The zero-order chi connectivity index (χ0) is 19.4. The van der Waals surface area contributed by atoms with Gasteiger partial charge < -0.3 is 4.90 Å². The summed E-state index contributed by atoms with van der Waals surface area (Å²) in [4.78, 5) is 5.18. The molecule has 3 rings (SSSR count). The molecule has 1 saturated heterocycles. The predicted octanol–water partition coefficient (Wildman–Crippen LogP) is 6.94. The van der Waals surface area contributed by atoms with E-state index < -0.39 is 0 Å². The van der Waals surface area contributed by atoms with Crippen LogP contribution in [0.15, 0.2) is 53.6 Å². The highest BCUT2D eigenvalue weighted by atomic mass is 15.3. The van der Waals surface area contributed by atoms with Crippen molar-refractivity contribution in [3.05, 3.63) is 53.6 Å². The Kier molecular flexibility index (Phi) is 13.7. The van der Waals surface area contributed by atoms with Gasteiger partial charge in [-0.05, 0) is 45.2 Å². The molecule has 0 N–H and O–H groups in total. The number of hydrogen-bond donors (Lipinski definition) is 0. The number of para-hydroxylation sites is 1. The van der Waals surface area contributed by atoms with E-state index in [1.807, 2.05) is 27.7 Å². The molecular formula is C25H44N2. The fourth-order valence-electron chi connectivity index (χ4n) is 3.64. The van der Waals surface area contributed by atoms with E-state index in [1.165, 1.54) is 43.6 Å². The number of piperazine rings is 1. The minimum Gasteiger partial charge on any atom is -0.369 e. The molecule has 0 amide bonds. The largest absolute Gasteiger partial charge is 0.369 e. The third-order valence-electron chi connectivity index (χ3n) is 5.14. The SMILES string of the molecule is C.CC.CC.CC1=C(CC(C)N2CCN(c3ccccc3)CC2)CCC=C1. The second-order valence-corrected chi connectivity index (χ2v) is 6.64. The lowest BCUT2D eigenvalue weighted by molar-refractivity contribution is 0.195. The molecule has 1 aromatic carbocycles. The van der Waals surface area contributed by atoms with Gasteiger partial charge >= 0.3 is 0 Å². The molecule has 0 spiro atoms. The first kappa shape index (κ1) is 25.5. The Balaban J connectivity index is 0.00000127. The molecule has 0 radical (unpaired) electrons. The topological polar surface area (TPSA) is 6.48 Å². The summed E-state index contributed by atoms with van der Waals surface area (Å²) in [6, 6.07) is 11.5. The highest BCUT2D eigenvalue weighted by molar-refractivity contribution is 5.46. The van der Waals surface area contributed by atoms with Crippen molar-refractivity contribution in [1.82, 2.24) is 4.90 Å². The van der Waals surface area contributed by atoms with Crippen molar-refractivity contribution in [2.24, 2.45) is 0 Å². The lowest BCUT2D eigenvalue weighted by Gasteiger charge is -2.39. The summed E-state index contributed by atoms with van der Waals surface area (Å²) >= 11 is 0. The summed E-state index contributed by atoms with van der Waals surface area (Å²) in [6.45, 7) is 17.3. The maximum atomic E-state index is 2.66. The molecule has 0 bridgehead atoms. The molecule has 1 aliphatic heterocycles. The van der Waals surface area contributed by atoms with Gasteiger partial charge in [0, 0.05) is 37.9 Å². The number of nitrogens with zero attached hydrogens (tertiary/aromatic N) is 2. The van der Waals surface area contributed by atoms with Crippen molar-refractivity contribution in [1.29, 1.82) is 0 Å². The molecule has 1 unspecified atom stereocenters. The molecule has 2 nitrogen and oxygen atoms in total.